The summed E-state index contributed by atoms with van der Waals surface area (Å²) < 4.78 is 0. The van der Waals surface area contributed by atoms with Gasteiger partial charge in [-0.15, -0.1) is 11.3 Å². The van der Waals surface area contributed by atoms with Gasteiger partial charge in [0.2, 0.25) is 11.8 Å². The molecule has 1 aromatic rings. The highest BCUT2D eigenvalue weighted by Gasteiger charge is 2.45. The van der Waals surface area contributed by atoms with Gasteiger partial charge in [0.25, 0.3) is 5.91 Å². The fraction of sp³-hybridized carbons (Fsp3) is 0.500. The number of nitrogens with zero attached hydrogens (tertiary/aromatic N) is 1. The zero-order valence-corrected chi connectivity index (χ0v) is 12.0. The predicted molar refractivity (Wildman–Crippen MR) is 74.4 cm³/mol. The van der Waals surface area contributed by atoms with Crippen molar-refractivity contribution in [3.63, 3.8) is 0 Å². The quantitative estimate of drug-likeness (QED) is 0.851. The molecule has 5 nitrogen and oxygen atoms in total. The van der Waals surface area contributed by atoms with Crippen molar-refractivity contribution in [3.8, 4) is 0 Å². The molecule has 2 fully saturated rings. The Kier molecular flexibility index (Phi) is 3.33. The van der Waals surface area contributed by atoms with Gasteiger partial charge in [-0.1, -0.05) is 6.92 Å². The first-order chi connectivity index (χ1) is 9.61. The molecule has 6 heteroatoms. The van der Waals surface area contributed by atoms with Crippen LogP contribution in [0.4, 0.5) is 0 Å². The number of hydrogen-bond acceptors (Lipinski definition) is 4. The second kappa shape index (κ2) is 5.01. The second-order valence-electron chi connectivity index (χ2n) is 5.20. The Morgan fingerprint density at radius 3 is 2.75 bits per heavy atom. The number of amides is 3. The maximum absolute atomic E-state index is 12.8. The molecule has 0 radical (unpaired) electrons. The molecule has 0 bridgehead atoms. The Bertz CT molecular complexity index is 577. The summed E-state index contributed by atoms with van der Waals surface area (Å²) in [6.45, 7) is 2.01. The number of carbonyl (C=O) groups is 3. The molecular weight excluding hydrogens is 276 g/mol. The zero-order valence-electron chi connectivity index (χ0n) is 11.2. The van der Waals surface area contributed by atoms with Gasteiger partial charge in [-0.25, -0.2) is 0 Å². The van der Waals surface area contributed by atoms with Crippen molar-refractivity contribution in [1.82, 2.24) is 10.2 Å². The van der Waals surface area contributed by atoms with Crippen molar-refractivity contribution in [2.75, 3.05) is 0 Å². The van der Waals surface area contributed by atoms with Gasteiger partial charge in [0.1, 0.15) is 6.04 Å². The largest absolute Gasteiger partial charge is 0.322 e. The second-order valence-corrected chi connectivity index (χ2v) is 6.12. The molecule has 1 unspecified atom stereocenters. The standard InChI is InChI=1S/C14H16N2O3S/c1-2-8-5-6-20-12(8)14(19)16(9-3-4-9)10-7-11(17)15-13(10)18/h5-6,9-10H,2-4,7H2,1H3,(H,15,17,18). The molecule has 3 rings (SSSR count). The third-order valence-electron chi connectivity index (χ3n) is 3.78. The Hall–Kier alpha value is -1.69. The first-order valence-electron chi connectivity index (χ1n) is 6.84. The van der Waals surface area contributed by atoms with Crippen LogP contribution in [0, 0.1) is 0 Å². The minimum absolute atomic E-state index is 0.0912. The first-order valence-corrected chi connectivity index (χ1v) is 7.72. The van der Waals surface area contributed by atoms with Crippen molar-refractivity contribution in [2.24, 2.45) is 0 Å². The average Bonchev–Trinajstić information content (AvgIpc) is 3.02. The van der Waals surface area contributed by atoms with Gasteiger partial charge >= 0.3 is 0 Å². The number of thiophene rings is 1. The zero-order chi connectivity index (χ0) is 14.3. The van der Waals surface area contributed by atoms with Crippen LogP contribution in [-0.4, -0.2) is 34.7 Å². The van der Waals surface area contributed by atoms with Gasteiger partial charge in [-0.2, -0.15) is 0 Å². The van der Waals surface area contributed by atoms with Crippen LogP contribution >= 0.6 is 11.3 Å². The van der Waals surface area contributed by atoms with Crippen LogP contribution in [0.1, 0.15) is 41.4 Å². The number of carbonyl (C=O) groups excluding carboxylic acids is 3. The summed E-state index contributed by atoms with van der Waals surface area (Å²) in [6.07, 6.45) is 2.71. The lowest BCUT2D eigenvalue weighted by Gasteiger charge is -2.26. The third-order valence-corrected chi connectivity index (χ3v) is 4.72. The minimum Gasteiger partial charge on any atom is -0.322 e. The van der Waals surface area contributed by atoms with E-state index in [1.807, 2.05) is 18.4 Å². The van der Waals surface area contributed by atoms with Crippen LogP contribution in [-0.2, 0) is 16.0 Å². The van der Waals surface area contributed by atoms with E-state index in [4.69, 9.17) is 0 Å². The van der Waals surface area contributed by atoms with Crippen molar-refractivity contribution >= 4 is 29.1 Å². The summed E-state index contributed by atoms with van der Waals surface area (Å²) >= 11 is 1.41. The van der Waals surface area contributed by atoms with Crippen LogP contribution < -0.4 is 5.32 Å². The molecule has 1 aliphatic heterocycles. The number of aryl methyl sites for hydroxylation is 1. The van der Waals surface area contributed by atoms with Crippen molar-refractivity contribution < 1.29 is 14.4 Å². The molecule has 1 aliphatic carbocycles. The van der Waals surface area contributed by atoms with Gasteiger partial charge in [-0.05, 0) is 36.3 Å². The smallest absolute Gasteiger partial charge is 0.265 e. The number of imide groups is 1. The van der Waals surface area contributed by atoms with E-state index >= 15 is 0 Å². The molecule has 2 heterocycles. The normalized spacial score (nSPS) is 21.9. The van der Waals surface area contributed by atoms with E-state index in [2.05, 4.69) is 5.32 Å². The highest BCUT2D eigenvalue weighted by atomic mass is 32.1. The highest BCUT2D eigenvalue weighted by Crippen LogP contribution is 2.33. The lowest BCUT2D eigenvalue weighted by atomic mass is 10.1. The van der Waals surface area contributed by atoms with Crippen LogP contribution in [0.25, 0.3) is 0 Å². The summed E-state index contributed by atoms with van der Waals surface area (Å²) in [6, 6.07) is 1.42. The SMILES string of the molecule is CCc1ccsc1C(=O)N(C1CC1)C1CC(=O)NC1=O. The summed E-state index contributed by atoms with van der Waals surface area (Å²) in [5, 5.41) is 4.19. The molecular formula is C14H16N2O3S. The molecule has 1 atom stereocenters. The maximum atomic E-state index is 12.8. The van der Waals surface area contributed by atoms with Gasteiger partial charge in [0.05, 0.1) is 11.3 Å². The van der Waals surface area contributed by atoms with E-state index in [0.29, 0.717) is 4.88 Å². The fourth-order valence-electron chi connectivity index (χ4n) is 2.60. The lowest BCUT2D eigenvalue weighted by molar-refractivity contribution is -0.126. The molecule has 1 N–H and O–H groups in total. The molecule has 20 heavy (non-hydrogen) atoms. The van der Waals surface area contributed by atoms with E-state index in [1.165, 1.54) is 11.3 Å². The number of hydrogen-bond donors (Lipinski definition) is 1. The van der Waals surface area contributed by atoms with Crippen molar-refractivity contribution in [3.05, 3.63) is 21.9 Å². The summed E-state index contributed by atoms with van der Waals surface area (Å²) in [5.41, 5.74) is 1.01. The summed E-state index contributed by atoms with van der Waals surface area (Å²) in [7, 11) is 0. The van der Waals surface area contributed by atoms with E-state index in [0.717, 1.165) is 24.8 Å². The first kappa shape index (κ1) is 13.3. The summed E-state index contributed by atoms with van der Waals surface area (Å²) in [5.74, 6) is -0.737. The molecule has 0 aromatic carbocycles. The van der Waals surface area contributed by atoms with E-state index < -0.39 is 6.04 Å². The van der Waals surface area contributed by atoms with Gasteiger partial charge < -0.3 is 4.90 Å². The molecule has 3 amide bonds. The average molecular weight is 292 g/mol. The van der Waals surface area contributed by atoms with Gasteiger partial charge in [0, 0.05) is 6.04 Å². The molecule has 1 saturated heterocycles. The van der Waals surface area contributed by atoms with E-state index in [-0.39, 0.29) is 30.2 Å². The fourth-order valence-corrected chi connectivity index (χ4v) is 3.54. The van der Waals surface area contributed by atoms with Gasteiger partial charge in [-0.3, -0.25) is 19.7 Å². The minimum atomic E-state index is -0.630. The Balaban J connectivity index is 1.89. The third kappa shape index (κ3) is 2.24. The number of nitrogens with one attached hydrogen (secondary N) is 1. The topological polar surface area (TPSA) is 66.5 Å². The van der Waals surface area contributed by atoms with E-state index in [9.17, 15) is 14.4 Å². The molecule has 1 saturated carbocycles. The summed E-state index contributed by atoms with van der Waals surface area (Å²) in [4.78, 5) is 38.3. The molecule has 0 spiro atoms. The van der Waals surface area contributed by atoms with Gasteiger partial charge in [0.15, 0.2) is 0 Å². The maximum Gasteiger partial charge on any atom is 0.265 e. The highest BCUT2D eigenvalue weighted by molar-refractivity contribution is 7.12. The monoisotopic (exact) mass is 292 g/mol. The molecule has 1 aromatic heterocycles. The Morgan fingerprint density at radius 1 is 1.45 bits per heavy atom. The molecule has 2 aliphatic rings. The lowest BCUT2D eigenvalue weighted by Crippen LogP contribution is -2.45. The van der Waals surface area contributed by atoms with Crippen molar-refractivity contribution in [2.45, 2.75) is 44.7 Å². The van der Waals surface area contributed by atoms with Crippen LogP contribution in [0.2, 0.25) is 0 Å². The van der Waals surface area contributed by atoms with Crippen LogP contribution in [0.15, 0.2) is 11.4 Å². The van der Waals surface area contributed by atoms with E-state index in [1.54, 1.807) is 4.90 Å². The predicted octanol–water partition coefficient (Wildman–Crippen LogP) is 1.33. The Labute approximate surface area is 121 Å². The molecule has 106 valence electrons. The van der Waals surface area contributed by atoms with Crippen LogP contribution in [0.5, 0.6) is 0 Å². The van der Waals surface area contributed by atoms with Crippen molar-refractivity contribution in [1.29, 1.82) is 0 Å². The van der Waals surface area contributed by atoms with Crippen LogP contribution in [0.3, 0.4) is 0 Å². The Morgan fingerprint density at radius 2 is 2.20 bits per heavy atom. The number of rotatable bonds is 4.